The van der Waals surface area contributed by atoms with E-state index < -0.39 is 11.7 Å². The minimum Gasteiger partial charge on any atom is -0.506 e. The van der Waals surface area contributed by atoms with Crippen LogP contribution in [0, 0.1) is 6.92 Å². The van der Waals surface area contributed by atoms with Crippen LogP contribution in [0.4, 0.5) is 4.79 Å². The molecule has 0 fully saturated rings. The molecule has 0 atom stereocenters. The number of rotatable bonds is 5. The zero-order valence-electron chi connectivity index (χ0n) is 12.5. The molecule has 0 aliphatic rings. The van der Waals surface area contributed by atoms with E-state index in [0.717, 1.165) is 5.69 Å². The predicted octanol–water partition coefficient (Wildman–Crippen LogP) is 1.71. The van der Waals surface area contributed by atoms with Crippen LogP contribution >= 0.6 is 0 Å². The first-order chi connectivity index (χ1) is 9.28. The molecule has 0 unspecified atom stereocenters. The van der Waals surface area contributed by atoms with E-state index in [1.165, 1.54) is 0 Å². The Labute approximate surface area is 119 Å². The van der Waals surface area contributed by atoms with Gasteiger partial charge in [-0.1, -0.05) is 0 Å². The van der Waals surface area contributed by atoms with Crippen molar-refractivity contribution in [1.82, 2.24) is 15.6 Å². The van der Waals surface area contributed by atoms with E-state index in [2.05, 4.69) is 15.6 Å². The summed E-state index contributed by atoms with van der Waals surface area (Å²) in [6, 6.07) is 3.38. The second-order valence-corrected chi connectivity index (χ2v) is 5.52. The first-order valence-electron chi connectivity index (χ1n) is 6.61. The summed E-state index contributed by atoms with van der Waals surface area (Å²) in [5.74, 6) is 0.170. The minimum atomic E-state index is -0.491. The molecule has 1 heterocycles. The largest absolute Gasteiger partial charge is 0.506 e. The number of carbonyl (C=O) groups excluding carboxylic acids is 1. The van der Waals surface area contributed by atoms with Crippen molar-refractivity contribution in [3.05, 3.63) is 23.5 Å². The lowest BCUT2D eigenvalue weighted by molar-refractivity contribution is 0.0528. The lowest BCUT2D eigenvalue weighted by atomic mass is 10.2. The fourth-order valence-electron chi connectivity index (χ4n) is 1.51. The molecule has 0 spiro atoms. The van der Waals surface area contributed by atoms with Gasteiger partial charge in [0.1, 0.15) is 11.4 Å². The third-order valence-electron chi connectivity index (χ3n) is 2.35. The van der Waals surface area contributed by atoms with Crippen LogP contribution < -0.4 is 10.6 Å². The Kier molecular flexibility index (Phi) is 5.76. The molecule has 112 valence electrons. The summed E-state index contributed by atoms with van der Waals surface area (Å²) in [5.41, 5.74) is 0.961. The van der Waals surface area contributed by atoms with Gasteiger partial charge in [-0.2, -0.15) is 0 Å². The van der Waals surface area contributed by atoms with Gasteiger partial charge in [0.15, 0.2) is 0 Å². The number of aromatic hydroxyl groups is 1. The van der Waals surface area contributed by atoms with E-state index in [-0.39, 0.29) is 5.75 Å². The predicted molar refractivity (Wildman–Crippen MR) is 76.6 cm³/mol. The molecule has 1 aromatic heterocycles. The highest BCUT2D eigenvalue weighted by Crippen LogP contribution is 2.13. The van der Waals surface area contributed by atoms with Gasteiger partial charge in [0, 0.05) is 25.3 Å². The van der Waals surface area contributed by atoms with Crippen molar-refractivity contribution in [2.24, 2.45) is 0 Å². The molecule has 1 aromatic rings. The van der Waals surface area contributed by atoms with Crippen LogP contribution in [0.15, 0.2) is 12.1 Å². The molecule has 0 saturated heterocycles. The SMILES string of the molecule is Cc1ccc(O)c(CNCCNC(=O)OC(C)(C)C)n1. The zero-order valence-corrected chi connectivity index (χ0v) is 12.5. The van der Waals surface area contributed by atoms with Gasteiger partial charge in [-0.15, -0.1) is 0 Å². The Morgan fingerprint density at radius 2 is 2.05 bits per heavy atom. The third-order valence-corrected chi connectivity index (χ3v) is 2.35. The fraction of sp³-hybridized carbons (Fsp3) is 0.571. The topological polar surface area (TPSA) is 83.5 Å². The lowest BCUT2D eigenvalue weighted by Crippen LogP contribution is -2.36. The molecule has 0 radical (unpaired) electrons. The Morgan fingerprint density at radius 3 is 2.70 bits per heavy atom. The maximum Gasteiger partial charge on any atom is 0.407 e. The number of amides is 1. The highest BCUT2D eigenvalue weighted by Gasteiger charge is 2.15. The van der Waals surface area contributed by atoms with E-state index >= 15 is 0 Å². The summed E-state index contributed by atoms with van der Waals surface area (Å²) < 4.78 is 5.11. The van der Waals surface area contributed by atoms with Crippen LogP contribution in [-0.2, 0) is 11.3 Å². The van der Waals surface area contributed by atoms with Crippen LogP contribution in [-0.4, -0.2) is 34.9 Å². The van der Waals surface area contributed by atoms with Crippen LogP contribution in [0.2, 0.25) is 0 Å². The molecule has 0 aromatic carbocycles. The van der Waals surface area contributed by atoms with Gasteiger partial charge in [0.05, 0.1) is 5.69 Å². The Bertz CT molecular complexity index is 455. The van der Waals surface area contributed by atoms with E-state index in [9.17, 15) is 9.90 Å². The van der Waals surface area contributed by atoms with Gasteiger partial charge in [-0.3, -0.25) is 4.98 Å². The molecule has 0 saturated carbocycles. The van der Waals surface area contributed by atoms with Crippen molar-refractivity contribution >= 4 is 6.09 Å². The Balaban J connectivity index is 2.22. The van der Waals surface area contributed by atoms with Gasteiger partial charge < -0.3 is 20.5 Å². The summed E-state index contributed by atoms with van der Waals surface area (Å²) in [4.78, 5) is 15.6. The quantitative estimate of drug-likeness (QED) is 0.716. The molecule has 3 N–H and O–H groups in total. The van der Waals surface area contributed by atoms with Gasteiger partial charge >= 0.3 is 6.09 Å². The number of ether oxygens (including phenoxy) is 1. The third kappa shape index (κ3) is 6.38. The van der Waals surface area contributed by atoms with Crippen LogP contribution in [0.25, 0.3) is 0 Å². The molecular formula is C14H23N3O3. The molecule has 0 bridgehead atoms. The van der Waals surface area contributed by atoms with E-state index in [1.54, 1.807) is 12.1 Å². The molecule has 20 heavy (non-hydrogen) atoms. The van der Waals surface area contributed by atoms with Gasteiger partial charge in [0.25, 0.3) is 0 Å². The molecule has 0 aliphatic carbocycles. The molecule has 1 amide bonds. The van der Waals surface area contributed by atoms with Crippen molar-refractivity contribution in [1.29, 1.82) is 0 Å². The second kappa shape index (κ2) is 7.09. The number of carbonyl (C=O) groups is 1. The normalized spacial score (nSPS) is 11.2. The summed E-state index contributed by atoms with van der Waals surface area (Å²) in [5, 5.41) is 15.4. The van der Waals surface area contributed by atoms with Crippen molar-refractivity contribution in [2.75, 3.05) is 13.1 Å². The van der Waals surface area contributed by atoms with Gasteiger partial charge in [-0.25, -0.2) is 4.79 Å². The monoisotopic (exact) mass is 281 g/mol. The number of aromatic nitrogens is 1. The molecule has 1 rings (SSSR count). The molecule has 0 aliphatic heterocycles. The molecule has 6 heteroatoms. The first-order valence-corrected chi connectivity index (χ1v) is 6.61. The van der Waals surface area contributed by atoms with Crippen molar-refractivity contribution in [2.45, 2.75) is 39.8 Å². The highest BCUT2D eigenvalue weighted by atomic mass is 16.6. The number of pyridine rings is 1. The number of hydrogen-bond acceptors (Lipinski definition) is 5. The van der Waals surface area contributed by atoms with Crippen LogP contribution in [0.5, 0.6) is 5.75 Å². The van der Waals surface area contributed by atoms with Gasteiger partial charge in [0.2, 0.25) is 0 Å². The summed E-state index contributed by atoms with van der Waals surface area (Å²) in [6.07, 6.45) is -0.434. The van der Waals surface area contributed by atoms with E-state index in [0.29, 0.717) is 25.3 Å². The summed E-state index contributed by atoms with van der Waals surface area (Å²) in [6.45, 7) is 8.78. The number of alkyl carbamates (subject to hydrolysis) is 1. The number of nitrogens with one attached hydrogen (secondary N) is 2. The number of nitrogens with zero attached hydrogens (tertiary/aromatic N) is 1. The van der Waals surface area contributed by atoms with Crippen LogP contribution in [0.3, 0.4) is 0 Å². The number of hydrogen-bond donors (Lipinski definition) is 3. The molecular weight excluding hydrogens is 258 g/mol. The average molecular weight is 281 g/mol. The average Bonchev–Trinajstić information content (AvgIpc) is 2.30. The number of aryl methyl sites for hydroxylation is 1. The van der Waals surface area contributed by atoms with Crippen molar-refractivity contribution in [3.63, 3.8) is 0 Å². The summed E-state index contributed by atoms with van der Waals surface area (Å²) in [7, 11) is 0. The zero-order chi connectivity index (χ0) is 15.2. The minimum absolute atomic E-state index is 0.170. The molecule has 6 nitrogen and oxygen atoms in total. The van der Waals surface area contributed by atoms with Crippen molar-refractivity contribution < 1.29 is 14.6 Å². The first kappa shape index (κ1) is 16.2. The van der Waals surface area contributed by atoms with E-state index in [1.807, 2.05) is 27.7 Å². The van der Waals surface area contributed by atoms with Gasteiger partial charge in [-0.05, 0) is 39.8 Å². The maximum absolute atomic E-state index is 11.4. The van der Waals surface area contributed by atoms with Crippen molar-refractivity contribution in [3.8, 4) is 5.75 Å². The van der Waals surface area contributed by atoms with E-state index in [4.69, 9.17) is 4.74 Å². The summed E-state index contributed by atoms with van der Waals surface area (Å²) >= 11 is 0. The highest BCUT2D eigenvalue weighted by molar-refractivity contribution is 5.67. The smallest absolute Gasteiger partial charge is 0.407 e. The standard InChI is InChI=1S/C14H23N3O3/c1-10-5-6-12(18)11(17-10)9-15-7-8-16-13(19)20-14(2,3)4/h5-6,15,18H,7-9H2,1-4H3,(H,16,19). The van der Waals surface area contributed by atoms with Crippen LogP contribution in [0.1, 0.15) is 32.2 Å². The second-order valence-electron chi connectivity index (χ2n) is 5.52. The fourth-order valence-corrected chi connectivity index (χ4v) is 1.51. The Hall–Kier alpha value is -1.82. The Morgan fingerprint density at radius 1 is 1.35 bits per heavy atom. The maximum atomic E-state index is 11.4. The lowest BCUT2D eigenvalue weighted by Gasteiger charge is -2.19.